The minimum absolute atomic E-state index is 0.161. The van der Waals surface area contributed by atoms with Crippen molar-refractivity contribution in [3.63, 3.8) is 0 Å². The lowest BCUT2D eigenvalue weighted by molar-refractivity contribution is 0.103. The highest BCUT2D eigenvalue weighted by atomic mass is 32.1. The van der Waals surface area contributed by atoms with E-state index in [0.717, 1.165) is 36.1 Å². The molecule has 0 bridgehead atoms. The van der Waals surface area contributed by atoms with Crippen molar-refractivity contribution >= 4 is 22.7 Å². The van der Waals surface area contributed by atoms with Crippen molar-refractivity contribution in [2.75, 3.05) is 7.11 Å². The maximum Gasteiger partial charge on any atom is 0.189 e. The van der Waals surface area contributed by atoms with Crippen LogP contribution in [-0.4, -0.2) is 12.9 Å². The number of ether oxygens (including phenoxy) is 1. The Kier molecular flexibility index (Phi) is 3.70. The minimum Gasteiger partial charge on any atom is -0.497 e. The van der Waals surface area contributed by atoms with Gasteiger partial charge in [-0.25, -0.2) is 0 Å². The van der Waals surface area contributed by atoms with Crippen molar-refractivity contribution in [2.45, 2.75) is 19.3 Å². The number of allylic oxidation sites excluding steroid dienone is 2. The third-order valence-corrected chi connectivity index (χ3v) is 4.59. The zero-order valence-electron chi connectivity index (χ0n) is 11.4. The van der Waals surface area contributed by atoms with Gasteiger partial charge in [0.25, 0.3) is 0 Å². The maximum absolute atomic E-state index is 12.7. The molecule has 3 heteroatoms. The Morgan fingerprint density at radius 2 is 1.95 bits per heavy atom. The molecule has 0 amide bonds. The molecule has 20 heavy (non-hydrogen) atoms. The van der Waals surface area contributed by atoms with Crippen molar-refractivity contribution in [1.82, 2.24) is 0 Å². The highest BCUT2D eigenvalue weighted by Gasteiger charge is 2.23. The van der Waals surface area contributed by atoms with Gasteiger partial charge in [-0.3, -0.25) is 4.79 Å². The smallest absolute Gasteiger partial charge is 0.189 e. The van der Waals surface area contributed by atoms with Gasteiger partial charge >= 0.3 is 0 Å². The summed E-state index contributed by atoms with van der Waals surface area (Å²) in [5, 5.41) is 2.07. The zero-order chi connectivity index (χ0) is 13.9. The second kappa shape index (κ2) is 5.63. The monoisotopic (exact) mass is 284 g/mol. The van der Waals surface area contributed by atoms with Gasteiger partial charge < -0.3 is 4.74 Å². The molecule has 0 N–H and O–H groups in total. The van der Waals surface area contributed by atoms with E-state index in [-0.39, 0.29) is 5.78 Å². The predicted molar refractivity (Wildman–Crippen MR) is 82.4 cm³/mol. The quantitative estimate of drug-likeness (QED) is 0.768. The first-order chi connectivity index (χ1) is 9.79. The van der Waals surface area contributed by atoms with E-state index in [1.807, 2.05) is 30.3 Å². The van der Waals surface area contributed by atoms with E-state index in [0.29, 0.717) is 0 Å². The summed E-state index contributed by atoms with van der Waals surface area (Å²) in [5.74, 6) is 0.939. The van der Waals surface area contributed by atoms with Crippen molar-refractivity contribution in [3.8, 4) is 5.75 Å². The number of benzene rings is 1. The number of carbonyl (C=O) groups is 1. The standard InChI is InChI=1S/C17H16O2S/c1-19-13-9-7-12(8-10-13)17(18)15-5-2-4-14(15)16-6-3-11-20-16/h3,6-11H,2,4-5H2,1H3. The maximum atomic E-state index is 12.7. The van der Waals surface area contributed by atoms with Crippen LogP contribution < -0.4 is 4.74 Å². The zero-order valence-corrected chi connectivity index (χ0v) is 12.2. The molecule has 0 radical (unpaired) electrons. The Bertz CT molecular complexity index is 636. The summed E-state index contributed by atoms with van der Waals surface area (Å²) in [5.41, 5.74) is 2.97. The highest BCUT2D eigenvalue weighted by molar-refractivity contribution is 7.11. The molecule has 0 saturated heterocycles. The van der Waals surface area contributed by atoms with Gasteiger partial charge in [0.2, 0.25) is 0 Å². The largest absolute Gasteiger partial charge is 0.497 e. The lowest BCUT2D eigenvalue weighted by Gasteiger charge is -2.06. The number of thiophene rings is 1. The average Bonchev–Trinajstić information content (AvgIpc) is 3.16. The van der Waals surface area contributed by atoms with Crippen LogP contribution in [0.1, 0.15) is 34.5 Å². The fourth-order valence-corrected chi connectivity index (χ4v) is 3.46. The third kappa shape index (κ3) is 2.41. The van der Waals surface area contributed by atoms with Crippen LogP contribution in [0.15, 0.2) is 47.4 Å². The first kappa shape index (κ1) is 13.1. The lowest BCUT2D eigenvalue weighted by Crippen LogP contribution is -2.03. The number of methoxy groups -OCH3 is 1. The summed E-state index contributed by atoms with van der Waals surface area (Å²) in [6.07, 6.45) is 2.97. The second-order valence-electron chi connectivity index (χ2n) is 4.85. The van der Waals surface area contributed by atoms with E-state index in [1.165, 1.54) is 10.5 Å². The SMILES string of the molecule is COc1ccc(C(=O)C2=C(c3cccs3)CCC2)cc1. The first-order valence-corrected chi connectivity index (χ1v) is 7.62. The van der Waals surface area contributed by atoms with Gasteiger partial charge in [0.1, 0.15) is 5.75 Å². The molecule has 1 aromatic heterocycles. The first-order valence-electron chi connectivity index (χ1n) is 6.74. The highest BCUT2D eigenvalue weighted by Crippen LogP contribution is 2.37. The molecular weight excluding hydrogens is 268 g/mol. The van der Waals surface area contributed by atoms with Crippen LogP contribution in [0.2, 0.25) is 0 Å². The molecule has 2 aromatic rings. The number of rotatable bonds is 4. The summed E-state index contributed by atoms with van der Waals surface area (Å²) in [6.45, 7) is 0. The van der Waals surface area contributed by atoms with E-state index in [4.69, 9.17) is 4.74 Å². The van der Waals surface area contributed by atoms with E-state index in [2.05, 4.69) is 11.4 Å². The molecule has 0 spiro atoms. The van der Waals surface area contributed by atoms with Gasteiger partial charge in [0, 0.05) is 16.0 Å². The van der Waals surface area contributed by atoms with Crippen LogP contribution in [0.5, 0.6) is 5.75 Å². The van der Waals surface area contributed by atoms with Crippen molar-refractivity contribution in [3.05, 3.63) is 57.8 Å². The Morgan fingerprint density at radius 1 is 1.15 bits per heavy atom. The van der Waals surface area contributed by atoms with Gasteiger partial charge in [-0.1, -0.05) is 6.07 Å². The fraction of sp³-hybridized carbons (Fsp3) is 0.235. The molecule has 0 fully saturated rings. The van der Waals surface area contributed by atoms with Gasteiger partial charge in [-0.2, -0.15) is 0 Å². The van der Waals surface area contributed by atoms with E-state index in [1.54, 1.807) is 18.4 Å². The van der Waals surface area contributed by atoms with Gasteiger partial charge in [-0.15, -0.1) is 11.3 Å². The Morgan fingerprint density at radius 3 is 2.60 bits per heavy atom. The van der Waals surface area contributed by atoms with Crippen LogP contribution in [0.25, 0.3) is 5.57 Å². The van der Waals surface area contributed by atoms with Crippen LogP contribution in [0.3, 0.4) is 0 Å². The fourth-order valence-electron chi connectivity index (χ4n) is 2.63. The van der Waals surface area contributed by atoms with Gasteiger partial charge in [0.05, 0.1) is 7.11 Å². The van der Waals surface area contributed by atoms with Gasteiger partial charge in [0.15, 0.2) is 5.78 Å². The molecule has 1 aliphatic rings. The molecule has 0 aliphatic heterocycles. The topological polar surface area (TPSA) is 26.3 Å². The molecule has 0 unspecified atom stereocenters. The molecule has 1 aliphatic carbocycles. The molecule has 1 aromatic carbocycles. The molecule has 0 saturated carbocycles. The third-order valence-electron chi connectivity index (χ3n) is 3.66. The Labute approximate surface area is 122 Å². The molecule has 1 heterocycles. The van der Waals surface area contributed by atoms with Crippen molar-refractivity contribution < 1.29 is 9.53 Å². The molecule has 102 valence electrons. The van der Waals surface area contributed by atoms with Crippen LogP contribution >= 0.6 is 11.3 Å². The average molecular weight is 284 g/mol. The van der Waals surface area contributed by atoms with Crippen LogP contribution in [0, 0.1) is 0 Å². The summed E-state index contributed by atoms with van der Waals surface area (Å²) < 4.78 is 5.13. The van der Waals surface area contributed by atoms with Crippen LogP contribution in [0.4, 0.5) is 0 Å². The van der Waals surface area contributed by atoms with Crippen molar-refractivity contribution in [1.29, 1.82) is 0 Å². The second-order valence-corrected chi connectivity index (χ2v) is 5.79. The number of carbonyl (C=O) groups excluding carboxylic acids is 1. The van der Waals surface area contributed by atoms with Gasteiger partial charge in [-0.05, 0) is 60.5 Å². The molecular formula is C17H16O2S. The number of Topliss-reactive ketones (excluding diaryl/α,β-unsaturated/α-hetero) is 1. The summed E-state index contributed by atoms with van der Waals surface area (Å²) in [6, 6.07) is 11.5. The normalized spacial score (nSPS) is 14.7. The number of hydrogen-bond donors (Lipinski definition) is 0. The van der Waals surface area contributed by atoms with E-state index in [9.17, 15) is 4.79 Å². The molecule has 3 rings (SSSR count). The summed E-state index contributed by atoms with van der Waals surface area (Å²) in [4.78, 5) is 13.9. The van der Waals surface area contributed by atoms with E-state index >= 15 is 0 Å². The summed E-state index contributed by atoms with van der Waals surface area (Å²) in [7, 11) is 1.63. The Hall–Kier alpha value is -1.87. The molecule has 2 nitrogen and oxygen atoms in total. The van der Waals surface area contributed by atoms with Crippen molar-refractivity contribution in [2.24, 2.45) is 0 Å². The minimum atomic E-state index is 0.161. The van der Waals surface area contributed by atoms with Crippen LogP contribution in [-0.2, 0) is 0 Å². The molecule has 0 atom stereocenters. The summed E-state index contributed by atoms with van der Waals surface area (Å²) >= 11 is 1.71. The number of hydrogen-bond acceptors (Lipinski definition) is 3. The predicted octanol–water partition coefficient (Wildman–Crippen LogP) is 4.58. The van der Waals surface area contributed by atoms with E-state index < -0.39 is 0 Å². The lowest BCUT2D eigenvalue weighted by atomic mass is 9.99. The number of ketones is 1. The Balaban J connectivity index is 1.94.